The van der Waals surface area contributed by atoms with Gasteiger partial charge in [-0.15, -0.1) is 0 Å². The summed E-state index contributed by atoms with van der Waals surface area (Å²) in [5.41, 5.74) is 5.69. The number of phosphoric acid groups is 1. The van der Waals surface area contributed by atoms with Crippen LogP contribution in [0.1, 0.15) is 46.2 Å². The van der Waals surface area contributed by atoms with Crippen LogP contribution in [-0.4, -0.2) is 0 Å². The molecule has 4 nitrogen and oxygen atoms in total. The smallest absolute Gasteiger partial charge is 0.736 e. The standard InChI is InChI=1S/C20H25O4P.Na/c1-13-9-15(3)19-17(11-13)7-5-6-8-18-12-14(2)10-16(4)20(18)24-25(21,22)23-19;/h9-12H,5-8H2,1-4H3,(H,21,22);/q;+1/p-1. The molecule has 0 atom stereocenters. The molecule has 0 spiro atoms. The average Bonchev–Trinajstić information content (AvgIpc) is 2.51. The Morgan fingerprint density at radius 2 is 1.19 bits per heavy atom. The van der Waals surface area contributed by atoms with Crippen molar-refractivity contribution in [3.63, 3.8) is 0 Å². The molecule has 0 fully saturated rings. The summed E-state index contributed by atoms with van der Waals surface area (Å²) in [5.74, 6) is 0.828. The molecule has 0 saturated heterocycles. The molecule has 2 aromatic carbocycles. The maximum Gasteiger partial charge on any atom is 1.00 e. The summed E-state index contributed by atoms with van der Waals surface area (Å²) in [6.07, 6.45) is 3.51. The second-order valence-corrected chi connectivity index (χ2v) is 8.24. The van der Waals surface area contributed by atoms with Crippen LogP contribution in [0.2, 0.25) is 0 Å². The first-order valence-corrected chi connectivity index (χ1v) is 10.1. The molecule has 0 amide bonds. The Balaban J connectivity index is 0.00000243. The quantitative estimate of drug-likeness (QED) is 0.514. The first-order chi connectivity index (χ1) is 11.7. The molecule has 0 N–H and O–H groups in total. The Labute approximate surface area is 177 Å². The molecule has 2 aromatic rings. The van der Waals surface area contributed by atoms with E-state index in [-0.39, 0.29) is 29.6 Å². The van der Waals surface area contributed by atoms with E-state index in [1.165, 1.54) is 0 Å². The van der Waals surface area contributed by atoms with E-state index in [1.54, 1.807) is 0 Å². The fraction of sp³-hybridized carbons (Fsp3) is 0.400. The van der Waals surface area contributed by atoms with Gasteiger partial charge in [-0.2, -0.15) is 0 Å². The molecule has 26 heavy (non-hydrogen) atoms. The minimum Gasteiger partial charge on any atom is -0.736 e. The first-order valence-electron chi connectivity index (χ1n) is 8.66. The molecule has 0 unspecified atom stereocenters. The molecule has 1 aliphatic rings. The molecule has 0 aliphatic carbocycles. The van der Waals surface area contributed by atoms with Crippen molar-refractivity contribution >= 4 is 7.82 Å². The molecule has 0 aromatic heterocycles. The second kappa shape index (κ2) is 8.50. The zero-order valence-corrected chi connectivity index (χ0v) is 19.1. The molecule has 1 aliphatic heterocycles. The average molecular weight is 382 g/mol. The van der Waals surface area contributed by atoms with Crippen LogP contribution in [0.25, 0.3) is 0 Å². The fourth-order valence-corrected chi connectivity index (χ4v) is 4.60. The van der Waals surface area contributed by atoms with E-state index in [0.29, 0.717) is 11.5 Å². The number of hydrogen-bond donors (Lipinski definition) is 0. The Kier molecular flexibility index (Phi) is 7.04. The van der Waals surface area contributed by atoms with E-state index in [9.17, 15) is 9.46 Å². The van der Waals surface area contributed by atoms with E-state index in [2.05, 4.69) is 0 Å². The van der Waals surface area contributed by atoms with Gasteiger partial charge < -0.3 is 13.9 Å². The van der Waals surface area contributed by atoms with Crippen molar-refractivity contribution in [3.8, 4) is 11.5 Å². The van der Waals surface area contributed by atoms with Crippen molar-refractivity contribution in [2.45, 2.75) is 53.4 Å². The Hall–Kier alpha value is -0.770. The first kappa shape index (κ1) is 21.5. The van der Waals surface area contributed by atoms with Gasteiger partial charge in [0, 0.05) is 0 Å². The van der Waals surface area contributed by atoms with Crippen molar-refractivity contribution < 1.29 is 48.1 Å². The Morgan fingerprint density at radius 3 is 1.58 bits per heavy atom. The van der Waals surface area contributed by atoms with Gasteiger partial charge in [0.15, 0.2) is 0 Å². The zero-order valence-electron chi connectivity index (χ0n) is 16.2. The number of benzene rings is 2. The third-order valence-electron chi connectivity index (χ3n) is 4.54. The summed E-state index contributed by atoms with van der Waals surface area (Å²) >= 11 is 0. The van der Waals surface area contributed by atoms with Gasteiger partial charge in [0.1, 0.15) is 11.5 Å². The summed E-state index contributed by atoms with van der Waals surface area (Å²) in [6, 6.07) is 7.87. The molecule has 3 rings (SSSR count). The summed E-state index contributed by atoms with van der Waals surface area (Å²) in [7, 11) is -4.52. The number of hydrogen-bond acceptors (Lipinski definition) is 4. The third-order valence-corrected chi connectivity index (χ3v) is 5.35. The number of aryl methyl sites for hydroxylation is 6. The van der Waals surface area contributed by atoms with Crippen LogP contribution >= 0.6 is 7.82 Å². The summed E-state index contributed by atoms with van der Waals surface area (Å²) in [4.78, 5) is 12.6. The van der Waals surface area contributed by atoms with Crippen LogP contribution in [0.5, 0.6) is 11.5 Å². The van der Waals surface area contributed by atoms with Gasteiger partial charge in [0.25, 0.3) is 0 Å². The molecule has 1 heterocycles. The Morgan fingerprint density at radius 1 is 0.808 bits per heavy atom. The van der Waals surface area contributed by atoms with Gasteiger partial charge >= 0.3 is 37.4 Å². The van der Waals surface area contributed by atoms with Crippen LogP contribution in [0.15, 0.2) is 24.3 Å². The molecule has 6 heteroatoms. The van der Waals surface area contributed by atoms with Crippen LogP contribution in [0, 0.1) is 27.7 Å². The van der Waals surface area contributed by atoms with Crippen molar-refractivity contribution in [2.75, 3.05) is 0 Å². The van der Waals surface area contributed by atoms with E-state index in [4.69, 9.17) is 9.05 Å². The van der Waals surface area contributed by atoms with Gasteiger partial charge in [-0.25, -0.2) is 4.57 Å². The number of fused-ring (bicyclic) bond motifs is 2. The third kappa shape index (κ3) is 4.94. The number of phosphoric ester groups is 1. The normalized spacial score (nSPS) is 16.0. The van der Waals surface area contributed by atoms with Crippen LogP contribution in [0.4, 0.5) is 0 Å². The van der Waals surface area contributed by atoms with E-state index >= 15 is 0 Å². The van der Waals surface area contributed by atoms with E-state index in [0.717, 1.165) is 59.1 Å². The predicted molar refractivity (Wildman–Crippen MR) is 97.3 cm³/mol. The second-order valence-electron chi connectivity index (χ2n) is 6.98. The SMILES string of the molecule is Cc1cc(C)c2c(c1)CCCCc1cc(C)cc(C)c1OP(=O)([O-])O2.[Na+]. The molecular weight excluding hydrogens is 358 g/mol. The molecule has 134 valence electrons. The topological polar surface area (TPSA) is 58.6 Å². The van der Waals surface area contributed by atoms with Crippen molar-refractivity contribution in [1.29, 1.82) is 0 Å². The van der Waals surface area contributed by atoms with Crippen LogP contribution in [0.3, 0.4) is 0 Å². The van der Waals surface area contributed by atoms with Crippen molar-refractivity contribution in [2.24, 2.45) is 0 Å². The van der Waals surface area contributed by atoms with Gasteiger partial charge in [0.05, 0.1) is 0 Å². The van der Waals surface area contributed by atoms with Crippen LogP contribution < -0.4 is 43.5 Å². The minimum atomic E-state index is -4.52. The maximum atomic E-state index is 12.6. The minimum absolute atomic E-state index is 0. The molecule has 0 bridgehead atoms. The van der Waals surface area contributed by atoms with Gasteiger partial charge in [-0.3, -0.25) is 0 Å². The van der Waals surface area contributed by atoms with Gasteiger partial charge in [-0.05, 0) is 75.6 Å². The molecule has 0 saturated carbocycles. The predicted octanol–water partition coefficient (Wildman–Crippen LogP) is 1.73. The molecule has 0 radical (unpaired) electrons. The van der Waals surface area contributed by atoms with E-state index in [1.807, 2.05) is 52.0 Å². The fourth-order valence-electron chi connectivity index (χ4n) is 3.59. The van der Waals surface area contributed by atoms with Crippen molar-refractivity contribution in [1.82, 2.24) is 0 Å². The summed E-state index contributed by atoms with van der Waals surface area (Å²) in [6.45, 7) is 7.75. The Bertz CT molecular complexity index is 796. The summed E-state index contributed by atoms with van der Waals surface area (Å²) in [5, 5.41) is 0. The van der Waals surface area contributed by atoms with Crippen LogP contribution in [-0.2, 0) is 17.4 Å². The summed E-state index contributed by atoms with van der Waals surface area (Å²) < 4.78 is 23.4. The monoisotopic (exact) mass is 382 g/mol. The van der Waals surface area contributed by atoms with E-state index < -0.39 is 7.82 Å². The largest absolute Gasteiger partial charge is 1.00 e. The van der Waals surface area contributed by atoms with Gasteiger partial charge in [-0.1, -0.05) is 35.4 Å². The van der Waals surface area contributed by atoms with Crippen molar-refractivity contribution in [3.05, 3.63) is 57.6 Å². The zero-order chi connectivity index (χ0) is 18.2. The molecular formula is C20H24NaO4P. The maximum absolute atomic E-state index is 12.6. The number of rotatable bonds is 0. The van der Waals surface area contributed by atoms with Gasteiger partial charge in [0.2, 0.25) is 0 Å².